The van der Waals surface area contributed by atoms with E-state index in [4.69, 9.17) is 4.74 Å². The molecule has 0 aromatic carbocycles. The van der Waals surface area contributed by atoms with E-state index in [9.17, 15) is 4.79 Å². The number of amidine groups is 1. The normalized spacial score (nSPS) is 14.4. The van der Waals surface area contributed by atoms with E-state index in [2.05, 4.69) is 29.1 Å². The van der Waals surface area contributed by atoms with Gasteiger partial charge in [0, 0.05) is 18.0 Å². The molecule has 102 valence electrons. The van der Waals surface area contributed by atoms with Gasteiger partial charge in [-0.1, -0.05) is 25.6 Å². The Morgan fingerprint density at radius 3 is 2.95 bits per heavy atom. The predicted molar refractivity (Wildman–Crippen MR) is 76.8 cm³/mol. The van der Waals surface area contributed by atoms with Crippen LogP contribution in [0, 0.1) is 5.92 Å². The Hall–Kier alpha value is -1.56. The minimum atomic E-state index is -0.184. The van der Waals surface area contributed by atoms with Crippen molar-refractivity contribution in [3.8, 4) is 5.88 Å². The molecule has 0 saturated heterocycles. The van der Waals surface area contributed by atoms with Crippen LogP contribution in [0.25, 0.3) is 0 Å². The minimum absolute atomic E-state index is 0.184. The molecule has 2 rings (SSSR count). The molecule has 0 atom stereocenters. The van der Waals surface area contributed by atoms with Gasteiger partial charge in [-0.15, -0.1) is 0 Å². The van der Waals surface area contributed by atoms with E-state index in [1.54, 1.807) is 23.9 Å². The highest BCUT2D eigenvalue weighted by molar-refractivity contribution is 8.14. The molecule has 1 N–H and O–H groups in total. The fourth-order valence-corrected chi connectivity index (χ4v) is 2.16. The first-order valence-corrected chi connectivity index (χ1v) is 7.21. The second-order valence-corrected chi connectivity index (χ2v) is 5.66. The fraction of sp³-hybridized carbons (Fsp3) is 0.462. The van der Waals surface area contributed by atoms with E-state index >= 15 is 0 Å². The molecule has 0 radical (unpaired) electrons. The van der Waals surface area contributed by atoms with Crippen molar-refractivity contribution in [2.24, 2.45) is 10.9 Å². The van der Waals surface area contributed by atoms with Crippen molar-refractivity contribution >= 4 is 22.8 Å². The van der Waals surface area contributed by atoms with E-state index in [-0.39, 0.29) is 5.91 Å². The van der Waals surface area contributed by atoms with Gasteiger partial charge in [-0.2, -0.15) is 0 Å². The monoisotopic (exact) mass is 279 g/mol. The summed E-state index contributed by atoms with van der Waals surface area (Å²) in [6.07, 6.45) is 1.52. The van der Waals surface area contributed by atoms with Crippen LogP contribution in [-0.4, -0.2) is 35.0 Å². The van der Waals surface area contributed by atoms with Gasteiger partial charge in [-0.3, -0.25) is 9.79 Å². The first kappa shape index (κ1) is 13.9. The zero-order valence-corrected chi connectivity index (χ0v) is 11.9. The average Bonchev–Trinajstić information content (AvgIpc) is 2.89. The summed E-state index contributed by atoms with van der Waals surface area (Å²) < 4.78 is 5.46. The summed E-state index contributed by atoms with van der Waals surface area (Å²) in [6.45, 7) is 5.52. The summed E-state index contributed by atoms with van der Waals surface area (Å²) in [5, 5.41) is 3.44. The maximum absolute atomic E-state index is 11.9. The van der Waals surface area contributed by atoms with Gasteiger partial charge >= 0.3 is 0 Å². The topological polar surface area (TPSA) is 63.6 Å². The Balaban J connectivity index is 1.91. The maximum Gasteiger partial charge on any atom is 0.258 e. The number of nitrogens with zero attached hydrogens (tertiary/aromatic N) is 2. The molecule has 0 spiro atoms. The molecule has 2 heterocycles. The molecule has 0 fully saturated rings. The highest BCUT2D eigenvalue weighted by atomic mass is 32.2. The zero-order valence-electron chi connectivity index (χ0n) is 11.0. The number of amides is 1. The Labute approximate surface area is 116 Å². The minimum Gasteiger partial charge on any atom is -0.477 e. The molecule has 1 aliphatic rings. The van der Waals surface area contributed by atoms with Gasteiger partial charge in [-0.05, 0) is 12.0 Å². The summed E-state index contributed by atoms with van der Waals surface area (Å²) in [7, 11) is 0. The lowest BCUT2D eigenvalue weighted by molar-refractivity contribution is 0.0977. The number of pyridine rings is 1. The Morgan fingerprint density at radius 1 is 1.53 bits per heavy atom. The molecule has 0 bridgehead atoms. The number of hydrogen-bond acceptors (Lipinski definition) is 5. The average molecular weight is 279 g/mol. The van der Waals surface area contributed by atoms with E-state index in [0.29, 0.717) is 29.1 Å². The van der Waals surface area contributed by atoms with Crippen LogP contribution >= 0.6 is 11.8 Å². The van der Waals surface area contributed by atoms with Crippen molar-refractivity contribution in [1.29, 1.82) is 0 Å². The number of aliphatic imine (C=N–C) groups is 1. The Kier molecular flexibility index (Phi) is 4.79. The van der Waals surface area contributed by atoms with Gasteiger partial charge in [0.25, 0.3) is 5.91 Å². The summed E-state index contributed by atoms with van der Waals surface area (Å²) >= 11 is 1.55. The number of hydrogen-bond donors (Lipinski definition) is 1. The summed E-state index contributed by atoms with van der Waals surface area (Å²) in [6, 6.07) is 3.42. The van der Waals surface area contributed by atoms with Crippen LogP contribution in [0.3, 0.4) is 0 Å². The van der Waals surface area contributed by atoms with Crippen molar-refractivity contribution in [3.63, 3.8) is 0 Å². The molecular weight excluding hydrogens is 262 g/mol. The van der Waals surface area contributed by atoms with Gasteiger partial charge in [0.1, 0.15) is 0 Å². The van der Waals surface area contributed by atoms with Crippen LogP contribution in [0.1, 0.15) is 24.2 Å². The first-order chi connectivity index (χ1) is 9.15. The molecule has 0 saturated carbocycles. The SMILES string of the molecule is CC(C)COc1ccc(C(=O)NC2=NCCS2)cn1. The third kappa shape index (κ3) is 4.24. The van der Waals surface area contributed by atoms with Gasteiger partial charge in [0.05, 0.1) is 18.7 Å². The van der Waals surface area contributed by atoms with E-state index < -0.39 is 0 Å². The second kappa shape index (κ2) is 6.56. The number of aromatic nitrogens is 1. The summed E-state index contributed by atoms with van der Waals surface area (Å²) in [5.74, 6) is 1.73. The number of carbonyl (C=O) groups is 1. The molecule has 1 aliphatic heterocycles. The van der Waals surface area contributed by atoms with Gasteiger partial charge < -0.3 is 10.1 Å². The maximum atomic E-state index is 11.9. The fourth-order valence-electron chi connectivity index (χ4n) is 1.43. The molecule has 1 aromatic rings. The third-order valence-corrected chi connectivity index (χ3v) is 3.26. The second-order valence-electron chi connectivity index (χ2n) is 4.58. The number of carbonyl (C=O) groups excluding carboxylic acids is 1. The van der Waals surface area contributed by atoms with Crippen LogP contribution in [0.15, 0.2) is 23.3 Å². The highest BCUT2D eigenvalue weighted by Gasteiger charge is 2.12. The van der Waals surface area contributed by atoms with Crippen LogP contribution in [0.5, 0.6) is 5.88 Å². The quantitative estimate of drug-likeness (QED) is 0.915. The smallest absolute Gasteiger partial charge is 0.258 e. The third-order valence-electron chi connectivity index (χ3n) is 2.37. The molecule has 19 heavy (non-hydrogen) atoms. The molecule has 5 nitrogen and oxygen atoms in total. The Morgan fingerprint density at radius 2 is 2.37 bits per heavy atom. The summed E-state index contributed by atoms with van der Waals surface area (Å²) in [5.41, 5.74) is 0.507. The lowest BCUT2D eigenvalue weighted by Crippen LogP contribution is -2.27. The van der Waals surface area contributed by atoms with Crippen molar-refractivity contribution < 1.29 is 9.53 Å². The van der Waals surface area contributed by atoms with Crippen LogP contribution in [-0.2, 0) is 0 Å². The van der Waals surface area contributed by atoms with Gasteiger partial charge in [-0.25, -0.2) is 4.98 Å². The zero-order chi connectivity index (χ0) is 13.7. The lowest BCUT2D eigenvalue weighted by atomic mass is 10.2. The number of nitrogens with one attached hydrogen (secondary N) is 1. The van der Waals surface area contributed by atoms with Crippen LogP contribution in [0.2, 0.25) is 0 Å². The molecule has 0 unspecified atom stereocenters. The Bertz CT molecular complexity index is 471. The molecular formula is C13H17N3O2S. The molecule has 1 amide bonds. The van der Waals surface area contributed by atoms with Crippen molar-refractivity contribution in [1.82, 2.24) is 10.3 Å². The van der Waals surface area contributed by atoms with Crippen molar-refractivity contribution in [3.05, 3.63) is 23.9 Å². The lowest BCUT2D eigenvalue weighted by Gasteiger charge is -2.08. The molecule has 6 heteroatoms. The van der Waals surface area contributed by atoms with E-state index in [0.717, 1.165) is 12.3 Å². The number of ether oxygens (including phenoxy) is 1. The molecule has 1 aromatic heterocycles. The number of thioether (sulfide) groups is 1. The van der Waals surface area contributed by atoms with Crippen molar-refractivity contribution in [2.45, 2.75) is 13.8 Å². The largest absolute Gasteiger partial charge is 0.477 e. The summed E-state index contributed by atoms with van der Waals surface area (Å²) in [4.78, 5) is 20.2. The highest BCUT2D eigenvalue weighted by Crippen LogP contribution is 2.12. The number of rotatable bonds is 4. The standard InChI is InChI=1S/C13H17N3O2S/c1-9(2)8-18-11-4-3-10(7-15-11)12(17)16-13-14-5-6-19-13/h3-4,7,9H,5-6,8H2,1-2H3,(H,14,16,17). The van der Waals surface area contributed by atoms with Gasteiger partial charge in [0.15, 0.2) is 5.17 Å². The van der Waals surface area contributed by atoms with Crippen LogP contribution in [0.4, 0.5) is 0 Å². The van der Waals surface area contributed by atoms with Gasteiger partial charge in [0.2, 0.25) is 5.88 Å². The van der Waals surface area contributed by atoms with E-state index in [1.807, 2.05) is 0 Å². The molecule has 0 aliphatic carbocycles. The van der Waals surface area contributed by atoms with Crippen molar-refractivity contribution in [2.75, 3.05) is 18.9 Å². The first-order valence-electron chi connectivity index (χ1n) is 6.22. The predicted octanol–water partition coefficient (Wildman–Crippen LogP) is 1.95. The van der Waals surface area contributed by atoms with Crippen LogP contribution < -0.4 is 10.1 Å². The van der Waals surface area contributed by atoms with E-state index in [1.165, 1.54) is 6.20 Å².